The van der Waals surface area contributed by atoms with E-state index in [0.29, 0.717) is 19.3 Å². The molecular formula is C79H140O16P2. The first kappa shape index (κ1) is 93.5. The molecule has 97 heavy (non-hydrogen) atoms. The molecule has 0 amide bonds. The zero-order valence-corrected chi connectivity index (χ0v) is 63.0. The van der Waals surface area contributed by atoms with Crippen molar-refractivity contribution in [2.45, 2.75) is 347 Å². The third-order valence-electron chi connectivity index (χ3n) is 16.3. The molecule has 0 aliphatic rings. The van der Waals surface area contributed by atoms with Gasteiger partial charge in [-0.05, 0) is 122 Å². The minimum Gasteiger partial charge on any atom is -0.463 e. The lowest BCUT2D eigenvalue weighted by Gasteiger charge is -2.21. The largest absolute Gasteiger partial charge is 0.472 e. The molecule has 0 radical (unpaired) electrons. The lowest BCUT2D eigenvalue weighted by molar-refractivity contribution is -0.161. The summed E-state index contributed by atoms with van der Waals surface area (Å²) in [7, 11) is -9.77. The van der Waals surface area contributed by atoms with E-state index < -0.39 is 91.5 Å². The number of ether oxygens (including phenoxy) is 3. The Morgan fingerprint density at radius 2 is 0.546 bits per heavy atom. The number of rotatable bonds is 73. The van der Waals surface area contributed by atoms with Crippen LogP contribution in [0.4, 0.5) is 0 Å². The zero-order chi connectivity index (χ0) is 70.9. The molecule has 0 saturated carbocycles. The molecule has 0 rings (SSSR count). The van der Waals surface area contributed by atoms with Crippen LogP contribution in [0.3, 0.4) is 0 Å². The molecule has 0 spiro atoms. The topological polar surface area (TPSA) is 231 Å². The monoisotopic (exact) mass is 1410 g/mol. The van der Waals surface area contributed by atoms with E-state index in [1.165, 1.54) is 135 Å². The van der Waals surface area contributed by atoms with Gasteiger partial charge in [0, 0.05) is 19.3 Å². The molecule has 0 fully saturated rings. The Hall–Kier alpha value is -3.53. The van der Waals surface area contributed by atoms with Crippen LogP contribution >= 0.6 is 15.6 Å². The quantitative estimate of drug-likeness (QED) is 0.0146. The molecule has 0 aromatic heterocycles. The second kappa shape index (κ2) is 72.3. The number of aliphatic hydroxyl groups excluding tert-OH is 2. The van der Waals surface area contributed by atoms with Crippen LogP contribution in [0.15, 0.2) is 97.2 Å². The normalized spacial score (nSPS) is 14.6. The summed E-state index contributed by atoms with van der Waals surface area (Å²) in [6.45, 7) is 2.53. The summed E-state index contributed by atoms with van der Waals surface area (Å²) in [4.78, 5) is 58.4. The molecule has 0 aromatic carbocycles. The van der Waals surface area contributed by atoms with E-state index in [1.807, 2.05) is 0 Å². The number of aliphatic hydroxyl groups is 2. The number of carbonyl (C=O) groups is 3. The van der Waals surface area contributed by atoms with Gasteiger partial charge in [0.25, 0.3) is 0 Å². The predicted molar refractivity (Wildman–Crippen MR) is 399 cm³/mol. The van der Waals surface area contributed by atoms with Gasteiger partial charge in [-0.15, -0.1) is 0 Å². The average Bonchev–Trinajstić information content (AvgIpc) is 1.57. The minimum atomic E-state index is -4.92. The maximum absolute atomic E-state index is 12.9. The lowest BCUT2D eigenvalue weighted by atomic mass is 10.0. The predicted octanol–water partition coefficient (Wildman–Crippen LogP) is 22.2. The molecule has 0 aromatic rings. The standard InChI is InChI=1S/C79H140O16P2/c1-4-7-10-13-16-19-22-25-26-27-28-29-30-31-32-33-34-35-36-37-38-39-40-41-42-43-44-45-46-49-51-53-56-59-62-65-77(82)89-68-74(80)69-91-96(85,86)92-70-75(81)71-93-97(87,88)94-73-76(95-79(84)67-64-61-58-55-52-48-24-21-18-15-12-9-6-3)72-90-78(83)66-63-60-57-54-50-47-23-20-17-14-11-8-5-2/h7,10,16,19-21,23-26,28-29,31-32,34-35,74-76,80-81H,4-6,8-9,11-15,17-18,22,27,30,33,36-73H2,1-3H3,(H,85,86)(H,87,88)/b10-7-,19-16-,23-20-,24-21-,26-25-,29-28-,32-31-,35-34-. The summed E-state index contributed by atoms with van der Waals surface area (Å²) in [5.74, 6) is -1.58. The van der Waals surface area contributed by atoms with Crippen molar-refractivity contribution in [3.63, 3.8) is 0 Å². The fourth-order valence-electron chi connectivity index (χ4n) is 10.4. The number of carbonyl (C=O) groups excluding carboxylic acids is 3. The van der Waals surface area contributed by atoms with E-state index in [-0.39, 0.29) is 19.3 Å². The zero-order valence-electron chi connectivity index (χ0n) is 61.2. The third-order valence-corrected chi connectivity index (χ3v) is 18.2. The summed E-state index contributed by atoms with van der Waals surface area (Å²) in [6, 6.07) is 0. The van der Waals surface area contributed by atoms with Crippen LogP contribution in [-0.4, -0.2) is 95.9 Å². The summed E-state index contributed by atoms with van der Waals surface area (Å²) in [6.07, 6.45) is 82.0. The molecule has 16 nitrogen and oxygen atoms in total. The summed E-state index contributed by atoms with van der Waals surface area (Å²) in [5.41, 5.74) is 0. The highest BCUT2D eigenvalue weighted by atomic mass is 31.2. The molecule has 4 N–H and O–H groups in total. The second-order valence-corrected chi connectivity index (χ2v) is 28.7. The van der Waals surface area contributed by atoms with E-state index in [1.54, 1.807) is 0 Å². The van der Waals surface area contributed by atoms with Crippen molar-refractivity contribution in [3.8, 4) is 0 Å². The Morgan fingerprint density at radius 3 is 0.876 bits per heavy atom. The summed E-state index contributed by atoms with van der Waals surface area (Å²) in [5, 5.41) is 20.6. The summed E-state index contributed by atoms with van der Waals surface area (Å²) >= 11 is 0. The number of hydrogen-bond donors (Lipinski definition) is 4. The average molecular weight is 1410 g/mol. The molecule has 5 atom stereocenters. The van der Waals surface area contributed by atoms with Crippen LogP contribution in [0.25, 0.3) is 0 Å². The van der Waals surface area contributed by atoms with Crippen molar-refractivity contribution < 1.29 is 75.8 Å². The van der Waals surface area contributed by atoms with Crippen molar-refractivity contribution in [1.29, 1.82) is 0 Å². The number of unbranched alkanes of at least 4 members (excludes halogenated alkanes) is 34. The first-order valence-electron chi connectivity index (χ1n) is 38.5. The minimum absolute atomic E-state index is 0.0953. The van der Waals surface area contributed by atoms with E-state index >= 15 is 0 Å². The molecule has 0 heterocycles. The van der Waals surface area contributed by atoms with Gasteiger partial charge in [0.05, 0.1) is 26.4 Å². The van der Waals surface area contributed by atoms with Gasteiger partial charge in [-0.1, -0.05) is 285 Å². The van der Waals surface area contributed by atoms with Gasteiger partial charge >= 0.3 is 33.6 Å². The number of esters is 3. The van der Waals surface area contributed by atoms with E-state index in [0.717, 1.165) is 135 Å². The number of allylic oxidation sites excluding steroid dienone is 16. The Bertz CT molecular complexity index is 2150. The van der Waals surface area contributed by atoms with Crippen LogP contribution in [0.5, 0.6) is 0 Å². The van der Waals surface area contributed by atoms with Crippen molar-refractivity contribution in [2.75, 3.05) is 39.6 Å². The van der Waals surface area contributed by atoms with E-state index in [9.17, 15) is 43.5 Å². The van der Waals surface area contributed by atoms with Crippen molar-refractivity contribution in [2.24, 2.45) is 0 Å². The Balaban J connectivity index is 4.30. The van der Waals surface area contributed by atoms with Gasteiger partial charge in [-0.25, -0.2) is 9.13 Å². The fraction of sp³-hybridized carbons (Fsp3) is 0.759. The van der Waals surface area contributed by atoms with Crippen molar-refractivity contribution in [3.05, 3.63) is 97.2 Å². The fourth-order valence-corrected chi connectivity index (χ4v) is 12.0. The van der Waals surface area contributed by atoms with Crippen LogP contribution in [0, 0.1) is 0 Å². The molecular weight excluding hydrogens is 1270 g/mol. The third kappa shape index (κ3) is 73.5. The first-order valence-corrected chi connectivity index (χ1v) is 41.5. The van der Waals surface area contributed by atoms with Crippen molar-refractivity contribution in [1.82, 2.24) is 0 Å². The molecule has 0 saturated heterocycles. The highest BCUT2D eigenvalue weighted by molar-refractivity contribution is 7.47. The van der Waals surface area contributed by atoms with Crippen LogP contribution in [0.2, 0.25) is 0 Å². The van der Waals surface area contributed by atoms with Crippen LogP contribution in [0.1, 0.15) is 329 Å². The van der Waals surface area contributed by atoms with E-state index in [4.69, 9.17) is 32.3 Å². The summed E-state index contributed by atoms with van der Waals surface area (Å²) < 4.78 is 60.9. The Morgan fingerprint density at radius 1 is 0.299 bits per heavy atom. The van der Waals surface area contributed by atoms with Gasteiger partial charge in [0.2, 0.25) is 0 Å². The van der Waals surface area contributed by atoms with Gasteiger partial charge in [-0.2, -0.15) is 0 Å². The Labute approximate surface area is 590 Å². The smallest absolute Gasteiger partial charge is 0.463 e. The molecule has 5 unspecified atom stereocenters. The molecule has 0 aliphatic carbocycles. The number of phosphoric acid groups is 2. The first-order chi connectivity index (χ1) is 47.2. The second-order valence-electron chi connectivity index (χ2n) is 25.8. The maximum atomic E-state index is 12.9. The molecule has 18 heteroatoms. The van der Waals surface area contributed by atoms with Crippen LogP contribution < -0.4 is 0 Å². The Kier molecular flexibility index (Phi) is 69.6. The van der Waals surface area contributed by atoms with Gasteiger partial charge in [-0.3, -0.25) is 32.5 Å². The SMILES string of the molecule is CC/C=C\C/C=C\C/C=C\C/C=C\C/C=C\C/C=C\CCCCCCCCCCCCCCCCCCC(=O)OCC(O)COP(=O)(O)OCC(O)COP(=O)(O)OCC(COC(=O)CCCCCCC/C=C\CCCCCC)OC(=O)CCCCCCC/C=C\CCCCCC. The van der Waals surface area contributed by atoms with Gasteiger partial charge in [0.15, 0.2) is 6.10 Å². The van der Waals surface area contributed by atoms with Gasteiger partial charge < -0.3 is 34.2 Å². The molecule has 562 valence electrons. The highest BCUT2D eigenvalue weighted by Crippen LogP contribution is 2.45. The lowest BCUT2D eigenvalue weighted by Crippen LogP contribution is -2.30. The molecule has 0 aliphatic heterocycles. The number of phosphoric ester groups is 2. The molecule has 0 bridgehead atoms. The highest BCUT2D eigenvalue weighted by Gasteiger charge is 2.29. The number of hydrogen-bond acceptors (Lipinski definition) is 14. The van der Waals surface area contributed by atoms with Gasteiger partial charge in [0.1, 0.15) is 25.4 Å². The van der Waals surface area contributed by atoms with E-state index in [2.05, 4.69) is 118 Å². The maximum Gasteiger partial charge on any atom is 0.472 e. The van der Waals surface area contributed by atoms with Crippen molar-refractivity contribution >= 4 is 33.6 Å². The van der Waals surface area contributed by atoms with Crippen LogP contribution in [-0.2, 0) is 55.8 Å².